The van der Waals surface area contributed by atoms with Crippen LogP contribution in [0.5, 0.6) is 5.75 Å². The van der Waals surface area contributed by atoms with Crippen LogP contribution in [0.4, 0.5) is 5.69 Å². The zero-order valence-corrected chi connectivity index (χ0v) is 26.6. The third-order valence-electron chi connectivity index (χ3n) is 9.91. The van der Waals surface area contributed by atoms with Crippen LogP contribution < -0.4 is 21.1 Å². The summed E-state index contributed by atoms with van der Waals surface area (Å²) in [5.41, 5.74) is 6.37. The molecule has 2 unspecified atom stereocenters. The first-order valence-corrected chi connectivity index (χ1v) is 16.0. The lowest BCUT2D eigenvalue weighted by atomic mass is 9.72. The molecule has 0 saturated carbocycles. The number of fused-ring (bicyclic) bond motifs is 4. The molecule has 7 rings (SSSR count). The maximum absolute atomic E-state index is 14.1. The predicted octanol–water partition coefficient (Wildman–Crippen LogP) is 4.40. The SMILES string of the molecule is CCC(O)(CC)C(=O)CC1Cc2ccc3c(c2)C2(c4ccccc4N[C@H]2O3)c2oc(nc2-c2nc(C(N)=O)co2)[C@H](C(C)C)NC1=O. The van der Waals surface area contributed by atoms with E-state index in [0.717, 1.165) is 22.4 Å². The fourth-order valence-corrected chi connectivity index (χ4v) is 7.12. The minimum absolute atomic E-state index is 0.0245. The van der Waals surface area contributed by atoms with Crippen LogP contribution in [0.3, 0.4) is 0 Å². The average molecular weight is 640 g/mol. The summed E-state index contributed by atoms with van der Waals surface area (Å²) in [6.07, 6.45) is 1.13. The van der Waals surface area contributed by atoms with E-state index in [9.17, 15) is 19.5 Å². The summed E-state index contributed by atoms with van der Waals surface area (Å²) in [5.74, 6) is -1.28. The van der Waals surface area contributed by atoms with Crippen LogP contribution in [-0.4, -0.2) is 44.5 Å². The molecular formula is C35H37N5O7. The van der Waals surface area contributed by atoms with E-state index < -0.39 is 35.1 Å². The van der Waals surface area contributed by atoms with Crippen LogP contribution in [-0.2, 0) is 21.4 Å². The van der Waals surface area contributed by atoms with E-state index in [1.807, 2.05) is 56.3 Å². The molecule has 5 heterocycles. The second-order valence-corrected chi connectivity index (χ2v) is 13.0. The van der Waals surface area contributed by atoms with Crippen LogP contribution in [0.1, 0.15) is 91.8 Å². The Balaban J connectivity index is 1.48. The molecule has 0 saturated heterocycles. The van der Waals surface area contributed by atoms with Gasteiger partial charge in [0, 0.05) is 23.6 Å². The number of rotatable bonds is 8. The molecule has 0 aliphatic carbocycles. The summed E-state index contributed by atoms with van der Waals surface area (Å²) in [6.45, 7) is 7.38. The van der Waals surface area contributed by atoms with E-state index in [4.69, 9.17) is 24.3 Å². The van der Waals surface area contributed by atoms with Gasteiger partial charge >= 0.3 is 0 Å². The second-order valence-electron chi connectivity index (χ2n) is 13.0. The van der Waals surface area contributed by atoms with Crippen LogP contribution in [0.15, 0.2) is 57.6 Å². The van der Waals surface area contributed by atoms with Gasteiger partial charge in [-0.25, -0.2) is 9.97 Å². The fourth-order valence-electron chi connectivity index (χ4n) is 7.12. The number of Topliss-reactive ketones (excluding diaryl/α,β-unsaturated/α-hetero) is 1. The van der Waals surface area contributed by atoms with Crippen molar-refractivity contribution in [3.63, 3.8) is 0 Å². The van der Waals surface area contributed by atoms with E-state index in [-0.39, 0.29) is 66.5 Å². The molecule has 5 N–H and O–H groups in total. The molecular weight excluding hydrogens is 602 g/mol. The zero-order valence-electron chi connectivity index (χ0n) is 26.6. The van der Waals surface area contributed by atoms with E-state index in [1.54, 1.807) is 13.8 Å². The Labute approximate surface area is 271 Å². The first kappa shape index (κ1) is 30.7. The lowest BCUT2D eigenvalue weighted by Gasteiger charge is -2.29. The van der Waals surface area contributed by atoms with Gasteiger partial charge in [-0.15, -0.1) is 0 Å². The summed E-state index contributed by atoms with van der Waals surface area (Å²) in [4.78, 5) is 48.8. The number of aromatic nitrogens is 2. The molecule has 2 aromatic heterocycles. The molecule has 0 radical (unpaired) electrons. The fraction of sp³-hybridized carbons (Fsp3) is 0.400. The molecule has 4 bridgehead atoms. The van der Waals surface area contributed by atoms with Crippen molar-refractivity contribution in [2.45, 2.75) is 76.7 Å². The number of ether oxygens (including phenoxy) is 1. The third-order valence-corrected chi connectivity index (χ3v) is 9.91. The number of carbonyl (C=O) groups excluding carboxylic acids is 3. The largest absolute Gasteiger partial charge is 0.469 e. The van der Waals surface area contributed by atoms with Gasteiger partial charge in [0.15, 0.2) is 29.2 Å². The average Bonchev–Trinajstić information content (AvgIpc) is 3.83. The number of carbonyl (C=O) groups is 3. The summed E-state index contributed by atoms with van der Waals surface area (Å²) in [5, 5.41) is 17.7. The molecule has 4 atom stereocenters. The number of aliphatic hydroxyl groups is 1. The number of hydrogen-bond acceptors (Lipinski definition) is 10. The summed E-state index contributed by atoms with van der Waals surface area (Å²) < 4.78 is 19.1. The Kier molecular flexibility index (Phi) is 7.23. The third kappa shape index (κ3) is 4.64. The quantitative estimate of drug-likeness (QED) is 0.216. The van der Waals surface area contributed by atoms with Gasteiger partial charge in [-0.2, -0.15) is 0 Å². The predicted molar refractivity (Wildman–Crippen MR) is 169 cm³/mol. The standard InChI is InChI=1S/C35H37N5O7/c1-5-34(44,6-2)25(41)15-19-13-18-11-12-24-21(14-18)35(20-9-7-8-10-22(20)38-33(35)46-24)28-27(31-37-23(16-45-31)29(36)42)40-32(47-28)26(17(3)4)39-30(19)43/h7-12,14,16-17,19,26,33,38,44H,5-6,13,15H2,1-4H3,(H2,36,42)(H,39,43)/t19?,26-,33-,35?/m0/s1. The van der Waals surface area contributed by atoms with Gasteiger partial charge in [0.1, 0.15) is 29.1 Å². The van der Waals surface area contributed by atoms with Crippen LogP contribution in [0, 0.1) is 11.8 Å². The summed E-state index contributed by atoms with van der Waals surface area (Å²) in [7, 11) is 0. The van der Waals surface area contributed by atoms with Gasteiger partial charge in [0.05, 0.1) is 0 Å². The van der Waals surface area contributed by atoms with Crippen LogP contribution in [0.25, 0.3) is 11.6 Å². The molecule has 0 fully saturated rings. The number of amides is 2. The molecule has 12 heteroatoms. The lowest BCUT2D eigenvalue weighted by molar-refractivity contribution is -0.141. The Morgan fingerprint density at radius 2 is 1.87 bits per heavy atom. The topological polar surface area (TPSA) is 183 Å². The van der Waals surface area contributed by atoms with E-state index in [1.165, 1.54) is 6.26 Å². The number of benzene rings is 2. The van der Waals surface area contributed by atoms with Gasteiger partial charge in [0.25, 0.3) is 5.91 Å². The molecule has 47 heavy (non-hydrogen) atoms. The van der Waals surface area contributed by atoms with Gasteiger partial charge in [-0.3, -0.25) is 14.4 Å². The van der Waals surface area contributed by atoms with E-state index in [0.29, 0.717) is 11.5 Å². The van der Waals surface area contributed by atoms with Crippen molar-refractivity contribution in [3.05, 3.63) is 82.8 Å². The maximum Gasteiger partial charge on any atom is 0.270 e. The highest BCUT2D eigenvalue weighted by atomic mass is 16.5. The van der Waals surface area contributed by atoms with Crippen molar-refractivity contribution >= 4 is 23.3 Å². The van der Waals surface area contributed by atoms with Crippen molar-refractivity contribution in [1.29, 1.82) is 0 Å². The van der Waals surface area contributed by atoms with Crippen LogP contribution in [0.2, 0.25) is 0 Å². The molecule has 12 nitrogen and oxygen atoms in total. The maximum atomic E-state index is 14.1. The number of oxazole rings is 2. The molecule has 2 aromatic carbocycles. The highest BCUT2D eigenvalue weighted by molar-refractivity contribution is 5.92. The first-order chi connectivity index (χ1) is 22.5. The molecule has 3 aliphatic rings. The highest BCUT2D eigenvalue weighted by Crippen LogP contribution is 2.59. The Hall–Kier alpha value is -4.97. The van der Waals surface area contributed by atoms with Crippen molar-refractivity contribution in [1.82, 2.24) is 15.3 Å². The van der Waals surface area contributed by atoms with Gasteiger partial charge in [0.2, 0.25) is 17.7 Å². The Morgan fingerprint density at radius 1 is 1.11 bits per heavy atom. The normalized spacial score (nSPS) is 22.8. The molecule has 1 spiro atoms. The molecule has 3 aliphatic heterocycles. The number of nitrogens with one attached hydrogen (secondary N) is 2. The Bertz CT molecular complexity index is 1910. The van der Waals surface area contributed by atoms with Crippen LogP contribution >= 0.6 is 0 Å². The van der Waals surface area contributed by atoms with Crippen molar-refractivity contribution in [3.8, 4) is 17.3 Å². The van der Waals surface area contributed by atoms with Gasteiger partial charge in [-0.1, -0.05) is 58.0 Å². The van der Waals surface area contributed by atoms with Gasteiger partial charge < -0.3 is 35.0 Å². The number of hydrogen-bond donors (Lipinski definition) is 4. The number of nitrogens with two attached hydrogens (primary N) is 1. The minimum atomic E-state index is -1.52. The minimum Gasteiger partial charge on any atom is -0.469 e. The summed E-state index contributed by atoms with van der Waals surface area (Å²) in [6, 6.07) is 12.8. The number of primary amides is 1. The molecule has 244 valence electrons. The second kappa shape index (κ2) is 11.1. The number of nitrogens with zero attached hydrogens (tertiary/aromatic N) is 2. The van der Waals surface area contributed by atoms with Crippen molar-refractivity contribution < 1.29 is 33.1 Å². The smallest absolute Gasteiger partial charge is 0.270 e. The summed E-state index contributed by atoms with van der Waals surface area (Å²) >= 11 is 0. The zero-order chi connectivity index (χ0) is 33.2. The molecule has 4 aromatic rings. The number of ketones is 1. The van der Waals surface area contributed by atoms with Gasteiger partial charge in [-0.05, 0) is 48.4 Å². The monoisotopic (exact) mass is 639 g/mol. The highest BCUT2D eigenvalue weighted by Gasteiger charge is 2.61. The van der Waals surface area contributed by atoms with Crippen molar-refractivity contribution in [2.75, 3.05) is 5.32 Å². The molecule has 2 amide bonds. The van der Waals surface area contributed by atoms with E-state index in [2.05, 4.69) is 15.6 Å². The Morgan fingerprint density at radius 3 is 2.57 bits per heavy atom. The van der Waals surface area contributed by atoms with E-state index >= 15 is 0 Å². The number of anilines is 1. The van der Waals surface area contributed by atoms with Crippen molar-refractivity contribution in [2.24, 2.45) is 17.6 Å². The lowest BCUT2D eigenvalue weighted by Crippen LogP contribution is -2.43. The first-order valence-electron chi connectivity index (χ1n) is 16.0. The number of para-hydroxylation sites is 1.